The highest BCUT2D eigenvalue weighted by atomic mass is 32.1. The van der Waals surface area contributed by atoms with Gasteiger partial charge in [-0.15, -0.1) is 22.7 Å². The van der Waals surface area contributed by atoms with Gasteiger partial charge in [0.05, 0.1) is 11.6 Å². The first-order valence-electron chi connectivity index (χ1n) is 4.93. The molecule has 0 saturated carbocycles. The minimum absolute atomic E-state index is 0.0211. The minimum Gasteiger partial charge on any atom is -0.476 e. The number of carboxylic acid groups (broad SMARTS) is 1. The van der Waals surface area contributed by atoms with E-state index < -0.39 is 5.97 Å². The minimum atomic E-state index is -1.02. The van der Waals surface area contributed by atoms with Crippen molar-refractivity contribution in [2.24, 2.45) is 0 Å². The van der Waals surface area contributed by atoms with Gasteiger partial charge in [0.1, 0.15) is 10.0 Å². The van der Waals surface area contributed by atoms with Gasteiger partial charge in [-0.25, -0.2) is 14.8 Å². The molecule has 2 N–H and O–H groups in total. The topological polar surface area (TPSA) is 75.1 Å². The molecular weight excluding hydrogens is 258 g/mol. The molecule has 0 spiro atoms. The zero-order valence-electron chi connectivity index (χ0n) is 9.30. The van der Waals surface area contributed by atoms with E-state index in [9.17, 15) is 4.79 Å². The van der Waals surface area contributed by atoms with Crippen molar-refractivity contribution >= 4 is 33.6 Å². The monoisotopic (exact) mass is 269 g/mol. The van der Waals surface area contributed by atoms with Crippen LogP contribution in [0.25, 0.3) is 0 Å². The highest BCUT2D eigenvalue weighted by Gasteiger charge is 2.17. The molecule has 0 aromatic carbocycles. The third-order valence-electron chi connectivity index (χ3n) is 2.13. The maximum Gasteiger partial charge on any atom is 0.357 e. The summed E-state index contributed by atoms with van der Waals surface area (Å²) in [6, 6.07) is -0.0211. The van der Waals surface area contributed by atoms with Crippen LogP contribution in [0.1, 0.15) is 33.3 Å². The fourth-order valence-electron chi connectivity index (χ4n) is 1.33. The van der Waals surface area contributed by atoms with Crippen molar-refractivity contribution in [1.82, 2.24) is 9.97 Å². The van der Waals surface area contributed by atoms with Crippen molar-refractivity contribution in [3.05, 3.63) is 27.3 Å². The number of aryl methyl sites for hydroxylation is 1. The van der Waals surface area contributed by atoms with Gasteiger partial charge in [0.25, 0.3) is 0 Å². The van der Waals surface area contributed by atoms with Crippen molar-refractivity contribution in [3.63, 3.8) is 0 Å². The van der Waals surface area contributed by atoms with Gasteiger partial charge in [-0.2, -0.15) is 0 Å². The lowest BCUT2D eigenvalue weighted by molar-refractivity contribution is 0.0692. The van der Waals surface area contributed by atoms with Crippen LogP contribution in [-0.2, 0) is 0 Å². The maximum atomic E-state index is 10.9. The Kier molecular flexibility index (Phi) is 3.39. The van der Waals surface area contributed by atoms with E-state index in [4.69, 9.17) is 5.11 Å². The second-order valence-electron chi connectivity index (χ2n) is 3.51. The highest BCUT2D eigenvalue weighted by Crippen LogP contribution is 2.27. The van der Waals surface area contributed by atoms with E-state index in [1.807, 2.05) is 20.0 Å². The van der Waals surface area contributed by atoms with Crippen molar-refractivity contribution in [2.75, 3.05) is 5.32 Å². The van der Waals surface area contributed by atoms with Gasteiger partial charge in [0.15, 0.2) is 5.69 Å². The van der Waals surface area contributed by atoms with Gasteiger partial charge in [-0.3, -0.25) is 0 Å². The smallest absolute Gasteiger partial charge is 0.357 e. The van der Waals surface area contributed by atoms with Crippen LogP contribution in [0.3, 0.4) is 0 Å². The third kappa shape index (κ3) is 2.62. The number of aromatic nitrogens is 2. The molecule has 7 heteroatoms. The van der Waals surface area contributed by atoms with Crippen LogP contribution < -0.4 is 5.32 Å². The number of nitrogens with zero attached hydrogens (tertiary/aromatic N) is 2. The first-order chi connectivity index (χ1) is 8.08. The second kappa shape index (κ2) is 4.80. The summed E-state index contributed by atoms with van der Waals surface area (Å²) in [6.45, 7) is 3.94. The van der Waals surface area contributed by atoms with Crippen molar-refractivity contribution in [1.29, 1.82) is 0 Å². The molecule has 1 unspecified atom stereocenters. The summed E-state index contributed by atoms with van der Waals surface area (Å²) in [4.78, 5) is 20.1. The van der Waals surface area contributed by atoms with Gasteiger partial charge >= 0.3 is 5.97 Å². The predicted octanol–water partition coefficient (Wildman–Crippen LogP) is 2.78. The third-order valence-corrected chi connectivity index (χ3v) is 3.98. The van der Waals surface area contributed by atoms with Crippen LogP contribution in [-0.4, -0.2) is 21.0 Å². The van der Waals surface area contributed by atoms with Gasteiger partial charge < -0.3 is 10.4 Å². The summed E-state index contributed by atoms with van der Waals surface area (Å²) in [7, 11) is 0. The average molecular weight is 269 g/mol. The number of nitrogens with one attached hydrogen (secondary N) is 1. The fourth-order valence-corrected chi connectivity index (χ4v) is 2.87. The van der Waals surface area contributed by atoms with Gasteiger partial charge in [0, 0.05) is 11.1 Å². The number of carbonyl (C=O) groups is 1. The summed E-state index contributed by atoms with van der Waals surface area (Å²) >= 11 is 2.88. The molecule has 1 atom stereocenters. The number of carboxylic acids is 1. The van der Waals surface area contributed by atoms with E-state index in [1.54, 1.807) is 11.3 Å². The molecule has 0 amide bonds. The summed E-state index contributed by atoms with van der Waals surface area (Å²) in [5.41, 5.74) is 1.58. The number of hydrogen-bond donors (Lipinski definition) is 2. The maximum absolute atomic E-state index is 10.9. The van der Waals surface area contributed by atoms with Crippen molar-refractivity contribution < 1.29 is 9.90 Å². The number of thiazole rings is 2. The molecule has 0 bridgehead atoms. The molecule has 2 aromatic rings. The van der Waals surface area contributed by atoms with E-state index in [1.165, 1.54) is 16.8 Å². The lowest BCUT2D eigenvalue weighted by atomic mass is 10.3. The molecule has 17 heavy (non-hydrogen) atoms. The molecule has 0 saturated heterocycles. The Bertz CT molecular complexity index is 535. The normalized spacial score (nSPS) is 12.4. The van der Waals surface area contributed by atoms with Crippen molar-refractivity contribution in [2.45, 2.75) is 19.9 Å². The summed E-state index contributed by atoms with van der Waals surface area (Å²) < 4.78 is 0. The molecule has 0 aliphatic rings. The first kappa shape index (κ1) is 12.0. The van der Waals surface area contributed by atoms with E-state index in [2.05, 4.69) is 15.3 Å². The second-order valence-corrected chi connectivity index (χ2v) is 5.63. The Morgan fingerprint density at radius 1 is 1.53 bits per heavy atom. The average Bonchev–Trinajstić information content (AvgIpc) is 2.86. The van der Waals surface area contributed by atoms with E-state index in [-0.39, 0.29) is 11.7 Å². The van der Waals surface area contributed by atoms with Crippen LogP contribution >= 0.6 is 22.7 Å². The standard InChI is InChI=1S/C10H11N3O2S2/c1-5-3-11-8(17-5)6(2)13-9-7(10(14)15)12-4-16-9/h3-4,6,13H,1-2H3,(H,14,15). The molecule has 90 valence electrons. The van der Waals surface area contributed by atoms with Crippen molar-refractivity contribution in [3.8, 4) is 0 Å². The Hall–Kier alpha value is -1.47. The highest BCUT2D eigenvalue weighted by molar-refractivity contribution is 7.14. The summed E-state index contributed by atoms with van der Waals surface area (Å²) in [5.74, 6) is -1.02. The molecule has 2 heterocycles. The van der Waals surface area contributed by atoms with Gasteiger partial charge in [-0.1, -0.05) is 0 Å². The summed E-state index contributed by atoms with van der Waals surface area (Å²) in [5, 5.41) is 13.6. The number of rotatable bonds is 4. The largest absolute Gasteiger partial charge is 0.476 e. The molecule has 0 fully saturated rings. The van der Waals surface area contributed by atoms with Crippen LogP contribution in [0.2, 0.25) is 0 Å². The molecule has 0 aliphatic carbocycles. The SMILES string of the molecule is Cc1cnc(C(C)Nc2scnc2C(=O)O)s1. The lowest BCUT2D eigenvalue weighted by Crippen LogP contribution is -2.08. The van der Waals surface area contributed by atoms with Crippen LogP contribution in [0.5, 0.6) is 0 Å². The molecule has 0 radical (unpaired) electrons. The molecule has 0 aliphatic heterocycles. The summed E-state index contributed by atoms with van der Waals surface area (Å²) in [6.07, 6.45) is 1.81. The van der Waals surface area contributed by atoms with Gasteiger partial charge in [0.2, 0.25) is 0 Å². The Morgan fingerprint density at radius 3 is 2.88 bits per heavy atom. The lowest BCUT2D eigenvalue weighted by Gasteiger charge is -2.10. The zero-order valence-corrected chi connectivity index (χ0v) is 10.9. The zero-order chi connectivity index (χ0) is 12.4. The number of hydrogen-bond acceptors (Lipinski definition) is 6. The molecular formula is C10H11N3O2S2. The fraction of sp³-hybridized carbons (Fsp3) is 0.300. The quantitative estimate of drug-likeness (QED) is 0.892. The first-order valence-corrected chi connectivity index (χ1v) is 6.63. The number of anilines is 1. The van der Waals surface area contributed by atoms with E-state index in [0.717, 1.165) is 9.88 Å². The Labute approximate surface area is 106 Å². The Balaban J connectivity index is 2.15. The molecule has 2 aromatic heterocycles. The van der Waals surface area contributed by atoms with Crippen LogP contribution in [0.4, 0.5) is 5.00 Å². The molecule has 2 rings (SSSR count). The van der Waals surface area contributed by atoms with Gasteiger partial charge in [-0.05, 0) is 13.8 Å². The number of aromatic carboxylic acids is 1. The van der Waals surface area contributed by atoms with Crippen LogP contribution in [0.15, 0.2) is 11.7 Å². The van der Waals surface area contributed by atoms with E-state index >= 15 is 0 Å². The van der Waals surface area contributed by atoms with Crippen LogP contribution in [0, 0.1) is 6.92 Å². The predicted molar refractivity (Wildman–Crippen MR) is 68.0 cm³/mol. The molecule has 5 nitrogen and oxygen atoms in total. The Morgan fingerprint density at radius 2 is 2.29 bits per heavy atom. The van der Waals surface area contributed by atoms with E-state index in [0.29, 0.717) is 5.00 Å².